The number of para-hydroxylation sites is 9. The molecule has 1 unspecified atom stereocenters. The van der Waals surface area contributed by atoms with Gasteiger partial charge in [0, 0.05) is 75.9 Å². The van der Waals surface area contributed by atoms with Crippen LogP contribution >= 0.6 is 0 Å². The highest BCUT2D eigenvalue weighted by molar-refractivity contribution is 6.28. The summed E-state index contributed by atoms with van der Waals surface area (Å²) in [4.78, 5) is 11.4. The lowest BCUT2D eigenvalue weighted by Crippen LogP contribution is -2.40. The van der Waals surface area contributed by atoms with Gasteiger partial charge in [-0.3, -0.25) is 9.13 Å². The summed E-state index contributed by atoms with van der Waals surface area (Å²) in [6.45, 7) is 0. The zero-order chi connectivity index (χ0) is 58.7. The third-order valence-electron chi connectivity index (χ3n) is 19.0. The Hall–Kier alpha value is -12.2. The first kappa shape index (κ1) is 49.0. The smallest absolute Gasteiger partial charge is 0.213 e. The second-order valence-electron chi connectivity index (χ2n) is 23.7. The molecule has 0 amide bonds. The van der Waals surface area contributed by atoms with Crippen molar-refractivity contribution in [1.82, 2.24) is 32.7 Å². The SMILES string of the molecule is c1ccc(C2=NC(n3c4ccccc4c4ccc5c(c6ccccc6n5-c5cc(-n6c7ccccc7c7ccccc76)cc(-n6c7ccccc7c7ccccc76)c5)c43)NC(n3c4ccccc4c4ccc5c6ccccc6n(-c6ccccc6)c5c43)=N2)cc1. The summed E-state index contributed by atoms with van der Waals surface area (Å²) in [5, 5.41) is 18.1. The van der Waals surface area contributed by atoms with Crippen LogP contribution < -0.4 is 5.32 Å². The van der Waals surface area contributed by atoms with Gasteiger partial charge in [-0.05, 0) is 84.9 Å². The molecule has 0 fully saturated rings. The fourth-order valence-electron chi connectivity index (χ4n) is 15.4. The number of aliphatic imine (C=N–C) groups is 2. The third-order valence-corrected chi connectivity index (χ3v) is 19.0. The molecule has 0 aliphatic carbocycles. The average molecular weight is 1150 g/mol. The van der Waals surface area contributed by atoms with Gasteiger partial charge >= 0.3 is 0 Å². The molecule has 9 heteroatoms. The average Bonchev–Trinajstić information content (AvgIpc) is 1.55. The molecule has 0 radical (unpaired) electrons. The summed E-state index contributed by atoms with van der Waals surface area (Å²) in [5.74, 6) is 1.31. The number of nitrogens with zero attached hydrogens (tertiary/aromatic N) is 8. The Morgan fingerprint density at radius 1 is 0.256 bits per heavy atom. The van der Waals surface area contributed by atoms with E-state index in [-0.39, 0.29) is 0 Å². The topological polar surface area (TPSA) is 66.3 Å². The first-order valence-corrected chi connectivity index (χ1v) is 30.8. The predicted molar refractivity (Wildman–Crippen MR) is 374 cm³/mol. The lowest BCUT2D eigenvalue weighted by molar-refractivity contribution is 0.510. The van der Waals surface area contributed by atoms with Crippen molar-refractivity contribution in [2.75, 3.05) is 0 Å². The lowest BCUT2D eigenvalue weighted by atomic mass is 10.1. The molecule has 0 bridgehead atoms. The van der Waals surface area contributed by atoms with Gasteiger partial charge in [0.25, 0.3) is 0 Å². The molecule has 6 aromatic heterocycles. The second-order valence-corrected chi connectivity index (χ2v) is 23.7. The van der Waals surface area contributed by atoms with E-state index < -0.39 is 6.29 Å². The number of hydrogen-bond acceptors (Lipinski definition) is 3. The number of benzene rings is 13. The van der Waals surface area contributed by atoms with Crippen molar-refractivity contribution in [2.24, 2.45) is 9.98 Å². The molecule has 0 saturated carbocycles. The van der Waals surface area contributed by atoms with E-state index in [9.17, 15) is 0 Å². The lowest BCUT2D eigenvalue weighted by Gasteiger charge is -2.27. The minimum atomic E-state index is -0.668. The maximum absolute atomic E-state index is 5.76. The van der Waals surface area contributed by atoms with Crippen LogP contribution in [0.2, 0.25) is 0 Å². The molecule has 9 nitrogen and oxygen atoms in total. The molecule has 90 heavy (non-hydrogen) atoms. The molecular formula is C81H51N9. The minimum Gasteiger partial charge on any atom is -0.316 e. The highest BCUT2D eigenvalue weighted by Gasteiger charge is 2.31. The molecule has 0 spiro atoms. The van der Waals surface area contributed by atoms with Crippen molar-refractivity contribution < 1.29 is 0 Å². The third kappa shape index (κ3) is 6.80. The maximum Gasteiger partial charge on any atom is 0.213 e. The Morgan fingerprint density at radius 2 is 0.600 bits per heavy atom. The van der Waals surface area contributed by atoms with E-state index >= 15 is 0 Å². The van der Waals surface area contributed by atoms with E-state index in [0.29, 0.717) is 11.8 Å². The molecule has 13 aromatic carbocycles. The zero-order valence-corrected chi connectivity index (χ0v) is 48.4. The number of hydrogen-bond donors (Lipinski definition) is 1. The van der Waals surface area contributed by atoms with Crippen LogP contribution in [0.4, 0.5) is 0 Å². The molecule has 420 valence electrons. The first-order valence-electron chi connectivity index (χ1n) is 30.8. The van der Waals surface area contributed by atoms with Crippen molar-refractivity contribution in [3.8, 4) is 22.7 Å². The summed E-state index contributed by atoms with van der Waals surface area (Å²) >= 11 is 0. The van der Waals surface area contributed by atoms with Crippen LogP contribution in [0.15, 0.2) is 307 Å². The van der Waals surface area contributed by atoms with Gasteiger partial charge in [0.2, 0.25) is 12.2 Å². The second kappa shape index (κ2) is 18.7. The van der Waals surface area contributed by atoms with Gasteiger partial charge < -0.3 is 23.6 Å². The molecule has 7 heterocycles. The van der Waals surface area contributed by atoms with E-state index in [1.54, 1.807) is 0 Å². The van der Waals surface area contributed by atoms with Crippen LogP contribution in [-0.4, -0.2) is 39.2 Å². The first-order chi connectivity index (χ1) is 44.7. The van der Waals surface area contributed by atoms with Crippen molar-refractivity contribution in [3.05, 3.63) is 303 Å². The molecule has 1 aliphatic rings. The molecule has 1 atom stereocenters. The van der Waals surface area contributed by atoms with E-state index in [2.05, 4.69) is 330 Å². The van der Waals surface area contributed by atoms with Crippen molar-refractivity contribution in [3.63, 3.8) is 0 Å². The van der Waals surface area contributed by atoms with E-state index in [1.807, 2.05) is 0 Å². The number of fused-ring (bicyclic) bond motifs is 20. The Balaban J connectivity index is 0.870. The standard InChI is InChI=1S/C81H51N9/c1-3-23-50(24-4-1)79-82-80(84-81(83-79)90-72-41-21-13-33-61(72)64-44-43-63-60-32-11-19-39-70(60)88(77(63)78(64)90)51-25-5-2-6-26-51)89-71-40-20-12-31-59(71)62-45-46-74-75(76(62)89)65-34-14-22-42-73(65)87(74)54-48-52(85-66-35-15-7-27-55(66)56-28-8-16-36-67(56)85)47-53(49-54)86-68-37-17-9-29-57(68)58-30-10-18-38-69(58)86/h1-49,80H,(H,82,83,84). The molecule has 20 rings (SSSR count). The highest BCUT2D eigenvalue weighted by atomic mass is 15.4. The predicted octanol–water partition coefficient (Wildman–Crippen LogP) is 19.7. The van der Waals surface area contributed by atoms with Crippen molar-refractivity contribution >= 4 is 143 Å². The molecule has 19 aromatic rings. The van der Waals surface area contributed by atoms with E-state index in [4.69, 9.17) is 9.98 Å². The summed E-state index contributed by atoms with van der Waals surface area (Å²) in [6.07, 6.45) is -0.668. The van der Waals surface area contributed by atoms with Crippen LogP contribution in [0.5, 0.6) is 0 Å². The maximum atomic E-state index is 5.76. The Kier molecular flexibility index (Phi) is 10.2. The summed E-state index contributed by atoms with van der Waals surface area (Å²) in [5.41, 5.74) is 18.5. The zero-order valence-electron chi connectivity index (χ0n) is 48.4. The van der Waals surface area contributed by atoms with Crippen LogP contribution in [0.1, 0.15) is 11.9 Å². The highest BCUT2D eigenvalue weighted by Crippen LogP contribution is 2.46. The Bertz CT molecular complexity index is 6080. The number of aromatic nitrogens is 6. The normalized spacial score (nSPS) is 13.9. The largest absolute Gasteiger partial charge is 0.316 e. The van der Waals surface area contributed by atoms with Crippen LogP contribution in [0.3, 0.4) is 0 Å². The summed E-state index contributed by atoms with van der Waals surface area (Å²) in [7, 11) is 0. The van der Waals surface area contributed by atoms with Gasteiger partial charge in [-0.1, -0.05) is 212 Å². The summed E-state index contributed by atoms with van der Waals surface area (Å²) < 4.78 is 14.6. The van der Waals surface area contributed by atoms with Crippen molar-refractivity contribution in [1.29, 1.82) is 0 Å². The van der Waals surface area contributed by atoms with Gasteiger partial charge in [0.1, 0.15) is 0 Å². The number of rotatable bonds is 6. The van der Waals surface area contributed by atoms with Crippen molar-refractivity contribution in [2.45, 2.75) is 6.29 Å². The minimum absolute atomic E-state index is 0.635. The van der Waals surface area contributed by atoms with Crippen LogP contribution in [0.25, 0.3) is 154 Å². The molecular weight excluding hydrogens is 1100 g/mol. The van der Waals surface area contributed by atoms with E-state index in [1.165, 1.54) is 32.3 Å². The van der Waals surface area contributed by atoms with Crippen LogP contribution in [-0.2, 0) is 0 Å². The van der Waals surface area contributed by atoms with Gasteiger partial charge in [-0.2, -0.15) is 4.99 Å². The Labute approximate surface area is 514 Å². The van der Waals surface area contributed by atoms with E-state index in [0.717, 1.165) is 127 Å². The summed E-state index contributed by atoms with van der Waals surface area (Å²) in [6, 6.07) is 108. The molecule has 0 saturated heterocycles. The van der Waals surface area contributed by atoms with Gasteiger partial charge in [0.15, 0.2) is 5.84 Å². The fraction of sp³-hybridized carbons (Fsp3) is 0.0123. The van der Waals surface area contributed by atoms with Crippen LogP contribution in [0, 0.1) is 0 Å². The molecule has 1 N–H and O–H groups in total. The van der Waals surface area contributed by atoms with Gasteiger partial charge in [-0.15, -0.1) is 0 Å². The fourth-order valence-corrected chi connectivity index (χ4v) is 15.4. The number of nitrogens with one attached hydrogen (secondary N) is 1. The van der Waals surface area contributed by atoms with Gasteiger partial charge in [0.05, 0.1) is 83.3 Å². The quantitative estimate of drug-likeness (QED) is 0.177. The Morgan fingerprint density at radius 3 is 1.10 bits per heavy atom. The molecule has 1 aliphatic heterocycles. The van der Waals surface area contributed by atoms with Gasteiger partial charge in [-0.25, -0.2) is 4.99 Å². The monoisotopic (exact) mass is 1150 g/mol. The number of amidine groups is 1.